The van der Waals surface area contributed by atoms with Crippen molar-refractivity contribution in [3.05, 3.63) is 54.4 Å². The molecule has 2 atom stereocenters. The maximum atomic E-state index is 12.5. The highest BCUT2D eigenvalue weighted by Gasteiger charge is 2.21. The number of fused-ring (bicyclic) bond motifs is 1. The van der Waals surface area contributed by atoms with E-state index in [-0.39, 0.29) is 12.5 Å². The van der Waals surface area contributed by atoms with Crippen molar-refractivity contribution in [2.45, 2.75) is 31.3 Å². The lowest BCUT2D eigenvalue weighted by Crippen LogP contribution is -2.40. The molecule has 0 aliphatic rings. The summed E-state index contributed by atoms with van der Waals surface area (Å²) in [6, 6.07) is 13.9. The van der Waals surface area contributed by atoms with Gasteiger partial charge in [0.2, 0.25) is 5.91 Å². The summed E-state index contributed by atoms with van der Waals surface area (Å²) in [6.07, 6.45) is 0. The summed E-state index contributed by atoms with van der Waals surface area (Å²) in [5.41, 5.74) is 6.26. The third-order valence-electron chi connectivity index (χ3n) is 4.55. The molecule has 0 fully saturated rings. The van der Waals surface area contributed by atoms with Gasteiger partial charge in [0.1, 0.15) is 34.4 Å². The third-order valence-corrected chi connectivity index (χ3v) is 5.66. The predicted octanol–water partition coefficient (Wildman–Crippen LogP) is 2.37. The maximum absolute atomic E-state index is 12.5. The lowest BCUT2D eigenvalue weighted by molar-refractivity contribution is -0.119. The van der Waals surface area contributed by atoms with E-state index in [1.54, 1.807) is 31.4 Å². The van der Waals surface area contributed by atoms with Crippen LogP contribution in [0.2, 0.25) is 0 Å². The molecule has 0 aliphatic heterocycles. The highest BCUT2D eigenvalue weighted by atomic mass is 32.2. The fourth-order valence-electron chi connectivity index (χ4n) is 2.94. The summed E-state index contributed by atoms with van der Waals surface area (Å²) in [6.45, 7) is 4.00. The van der Waals surface area contributed by atoms with Crippen LogP contribution < -0.4 is 20.5 Å². The first-order valence-corrected chi connectivity index (χ1v) is 10.6. The van der Waals surface area contributed by atoms with Crippen LogP contribution in [0.5, 0.6) is 5.75 Å². The minimum atomic E-state index is -1.44. The number of ether oxygens (including phenoxy) is 1. The Balaban J connectivity index is 1.83. The number of rotatable bonds is 9. The van der Waals surface area contributed by atoms with Crippen LogP contribution in [-0.2, 0) is 22.3 Å². The standard InChI is InChI=1S/C21H25N5O3S/c1-13(2)19(20(22)27)26-21-16-6-4-5-7-17(16)24-18(25-21)12-23-30(28)15-10-8-14(29-3)9-11-15/h4-11,13,19,23H,12H2,1-3H3,(H2,22,27)(H,24,25,26)/t19-,30?/m0/s1. The van der Waals surface area contributed by atoms with Crippen molar-refractivity contribution in [3.63, 3.8) is 0 Å². The Morgan fingerprint density at radius 2 is 1.83 bits per heavy atom. The number of carbonyl (C=O) groups excluding carboxylic acids is 1. The second-order valence-electron chi connectivity index (χ2n) is 7.04. The molecule has 30 heavy (non-hydrogen) atoms. The molecule has 0 saturated heterocycles. The number of nitrogens with one attached hydrogen (secondary N) is 2. The summed E-state index contributed by atoms with van der Waals surface area (Å²) in [4.78, 5) is 21.5. The summed E-state index contributed by atoms with van der Waals surface area (Å²) in [5.74, 6) is 1.20. The van der Waals surface area contributed by atoms with Gasteiger partial charge in [0, 0.05) is 5.39 Å². The van der Waals surface area contributed by atoms with Crippen molar-refractivity contribution in [1.29, 1.82) is 0 Å². The number of methoxy groups -OCH3 is 1. The third kappa shape index (κ3) is 5.11. The van der Waals surface area contributed by atoms with Gasteiger partial charge in [-0.3, -0.25) is 4.79 Å². The largest absolute Gasteiger partial charge is 0.497 e. The maximum Gasteiger partial charge on any atom is 0.240 e. The van der Waals surface area contributed by atoms with Crippen molar-refractivity contribution >= 4 is 33.6 Å². The van der Waals surface area contributed by atoms with Gasteiger partial charge >= 0.3 is 0 Å². The van der Waals surface area contributed by atoms with Gasteiger partial charge in [-0.05, 0) is 42.3 Å². The molecule has 1 heterocycles. The van der Waals surface area contributed by atoms with Gasteiger partial charge in [-0.1, -0.05) is 26.0 Å². The molecule has 1 aromatic heterocycles. The SMILES string of the molecule is COc1ccc(S(=O)NCc2nc(N[C@H](C(N)=O)C(C)C)c3ccccc3n2)cc1. The van der Waals surface area contributed by atoms with E-state index in [0.29, 0.717) is 27.8 Å². The van der Waals surface area contributed by atoms with E-state index in [4.69, 9.17) is 10.5 Å². The van der Waals surface area contributed by atoms with Crippen molar-refractivity contribution in [1.82, 2.24) is 14.7 Å². The average molecular weight is 428 g/mol. The minimum absolute atomic E-state index is 0.0135. The number of para-hydroxylation sites is 1. The molecule has 3 aromatic rings. The van der Waals surface area contributed by atoms with Gasteiger partial charge in [-0.15, -0.1) is 0 Å². The summed E-state index contributed by atoms with van der Waals surface area (Å²) in [7, 11) is 0.138. The summed E-state index contributed by atoms with van der Waals surface area (Å²) >= 11 is 0. The van der Waals surface area contributed by atoms with E-state index in [0.717, 1.165) is 5.39 Å². The van der Waals surface area contributed by atoms with Gasteiger partial charge < -0.3 is 15.8 Å². The molecule has 0 bridgehead atoms. The molecule has 2 aromatic carbocycles. The highest BCUT2D eigenvalue weighted by Crippen LogP contribution is 2.22. The van der Waals surface area contributed by atoms with Crippen LogP contribution >= 0.6 is 0 Å². The molecule has 0 saturated carbocycles. The fourth-order valence-corrected chi connectivity index (χ4v) is 3.75. The van der Waals surface area contributed by atoms with Crippen LogP contribution in [0.1, 0.15) is 19.7 Å². The topological polar surface area (TPSA) is 119 Å². The van der Waals surface area contributed by atoms with Crippen LogP contribution in [0.25, 0.3) is 10.9 Å². The minimum Gasteiger partial charge on any atom is -0.497 e. The van der Waals surface area contributed by atoms with Gasteiger partial charge in [0.05, 0.1) is 24.1 Å². The quantitative estimate of drug-likeness (QED) is 0.482. The summed E-state index contributed by atoms with van der Waals surface area (Å²) < 4.78 is 20.6. The first-order chi connectivity index (χ1) is 14.4. The van der Waals surface area contributed by atoms with Crippen molar-refractivity contribution in [3.8, 4) is 5.75 Å². The van der Waals surface area contributed by atoms with E-state index in [9.17, 15) is 9.00 Å². The van der Waals surface area contributed by atoms with Crippen molar-refractivity contribution < 1.29 is 13.7 Å². The molecule has 3 rings (SSSR count). The Bertz CT molecular complexity index is 1060. The molecule has 1 amide bonds. The Hall–Kier alpha value is -3.04. The zero-order chi connectivity index (χ0) is 21.7. The van der Waals surface area contributed by atoms with E-state index in [1.807, 2.05) is 38.1 Å². The Morgan fingerprint density at radius 3 is 2.47 bits per heavy atom. The van der Waals surface area contributed by atoms with Crippen molar-refractivity contribution in [2.24, 2.45) is 11.7 Å². The predicted molar refractivity (Wildman–Crippen MR) is 117 cm³/mol. The molecule has 4 N–H and O–H groups in total. The first-order valence-electron chi connectivity index (χ1n) is 9.50. The number of hydrogen-bond acceptors (Lipinski definition) is 6. The van der Waals surface area contributed by atoms with Crippen LogP contribution in [0.3, 0.4) is 0 Å². The van der Waals surface area contributed by atoms with Crippen LogP contribution in [0.15, 0.2) is 53.4 Å². The summed E-state index contributed by atoms with van der Waals surface area (Å²) in [5, 5.41) is 3.93. The smallest absolute Gasteiger partial charge is 0.240 e. The Morgan fingerprint density at radius 1 is 1.13 bits per heavy atom. The number of amides is 1. The van der Waals surface area contributed by atoms with Gasteiger partial charge in [0.15, 0.2) is 0 Å². The first kappa shape index (κ1) is 21.7. The molecule has 0 spiro atoms. The van der Waals surface area contributed by atoms with E-state index in [2.05, 4.69) is 20.0 Å². The molecule has 8 nitrogen and oxygen atoms in total. The monoisotopic (exact) mass is 427 g/mol. The molecule has 0 aliphatic carbocycles. The van der Waals surface area contributed by atoms with Crippen molar-refractivity contribution in [2.75, 3.05) is 12.4 Å². The van der Waals surface area contributed by atoms with E-state index in [1.165, 1.54) is 0 Å². The molecule has 9 heteroatoms. The van der Waals surface area contributed by atoms with Gasteiger partial charge in [-0.25, -0.2) is 18.9 Å². The van der Waals surface area contributed by atoms with E-state index >= 15 is 0 Å². The Labute approximate surface area is 177 Å². The molecule has 0 radical (unpaired) electrons. The number of nitrogens with two attached hydrogens (primary N) is 1. The lowest BCUT2D eigenvalue weighted by Gasteiger charge is -2.21. The second kappa shape index (κ2) is 9.64. The number of aromatic nitrogens is 2. The molecule has 1 unspecified atom stereocenters. The van der Waals surface area contributed by atoms with Crippen LogP contribution in [0, 0.1) is 5.92 Å². The number of primary amides is 1. The van der Waals surface area contributed by atoms with Crippen LogP contribution in [0.4, 0.5) is 5.82 Å². The second-order valence-corrected chi connectivity index (χ2v) is 8.34. The number of anilines is 1. The zero-order valence-corrected chi connectivity index (χ0v) is 17.9. The Kier molecular flexibility index (Phi) is 6.96. The molecule has 158 valence electrons. The van der Waals surface area contributed by atoms with Gasteiger partial charge in [0.25, 0.3) is 0 Å². The number of hydrogen-bond donors (Lipinski definition) is 3. The number of nitrogens with zero attached hydrogens (tertiary/aromatic N) is 2. The average Bonchev–Trinajstić information content (AvgIpc) is 2.75. The fraction of sp³-hybridized carbons (Fsp3) is 0.286. The molecular formula is C21H25N5O3S. The lowest BCUT2D eigenvalue weighted by atomic mass is 10.0. The number of carbonyl (C=O) groups is 1. The normalized spacial score (nSPS) is 13.2. The van der Waals surface area contributed by atoms with Crippen LogP contribution in [-0.4, -0.2) is 33.2 Å². The molecular weight excluding hydrogens is 402 g/mol. The van der Waals surface area contributed by atoms with Gasteiger partial charge in [-0.2, -0.15) is 0 Å². The number of benzene rings is 2. The van der Waals surface area contributed by atoms with E-state index < -0.39 is 22.9 Å². The highest BCUT2D eigenvalue weighted by molar-refractivity contribution is 7.83. The zero-order valence-electron chi connectivity index (χ0n) is 17.1.